The first-order chi connectivity index (χ1) is 14.5. The van der Waals surface area contributed by atoms with Crippen LogP contribution in [0.15, 0.2) is 48.5 Å². The average molecular weight is 427 g/mol. The number of carbonyl (C=O) groups excluding carboxylic acids is 3. The zero-order valence-corrected chi connectivity index (χ0v) is 18.6. The summed E-state index contributed by atoms with van der Waals surface area (Å²) in [6, 6.07) is 14.5. The molecule has 0 fully saturated rings. The minimum Gasteiger partial charge on any atom is -0.444 e. The molecular weight excluding hydrogens is 396 g/mol. The van der Waals surface area contributed by atoms with E-state index in [0.717, 1.165) is 11.3 Å². The Morgan fingerprint density at radius 1 is 0.968 bits per heavy atom. The van der Waals surface area contributed by atoms with Gasteiger partial charge in [-0.3, -0.25) is 9.59 Å². The van der Waals surface area contributed by atoms with Crippen molar-refractivity contribution >= 4 is 29.3 Å². The van der Waals surface area contributed by atoms with Crippen molar-refractivity contribution < 1.29 is 19.1 Å². The van der Waals surface area contributed by atoms with Gasteiger partial charge in [-0.2, -0.15) is 0 Å². The van der Waals surface area contributed by atoms with Gasteiger partial charge in [0.05, 0.1) is 0 Å². The molecule has 0 saturated heterocycles. The third kappa shape index (κ3) is 8.38. The van der Waals surface area contributed by atoms with Crippen LogP contribution in [0.1, 0.15) is 36.7 Å². The molecule has 31 heavy (non-hydrogen) atoms. The van der Waals surface area contributed by atoms with Crippen molar-refractivity contribution in [2.45, 2.75) is 32.9 Å². The second-order valence-electron chi connectivity index (χ2n) is 8.23. The van der Waals surface area contributed by atoms with E-state index in [9.17, 15) is 14.4 Å². The number of hydrogen-bond donors (Lipinski definition) is 3. The van der Waals surface area contributed by atoms with Crippen LogP contribution in [0.4, 0.5) is 16.2 Å². The first-order valence-corrected chi connectivity index (χ1v) is 9.95. The summed E-state index contributed by atoms with van der Waals surface area (Å²) >= 11 is 0. The number of nitrogens with one attached hydrogen (secondary N) is 3. The van der Waals surface area contributed by atoms with Gasteiger partial charge in [0.2, 0.25) is 5.91 Å². The minimum atomic E-state index is -0.647. The van der Waals surface area contributed by atoms with Crippen molar-refractivity contribution in [3.63, 3.8) is 0 Å². The molecule has 0 atom stereocenters. The number of rotatable bonds is 7. The Bertz CT molecular complexity index is 918. The van der Waals surface area contributed by atoms with Crippen LogP contribution in [0.5, 0.6) is 0 Å². The van der Waals surface area contributed by atoms with Crippen LogP contribution in [0.3, 0.4) is 0 Å². The molecule has 3 amide bonds. The van der Waals surface area contributed by atoms with E-state index in [2.05, 4.69) is 16.0 Å². The lowest BCUT2D eigenvalue weighted by molar-refractivity contribution is -0.120. The van der Waals surface area contributed by atoms with Crippen LogP contribution in [-0.2, 0) is 16.1 Å². The van der Waals surface area contributed by atoms with Crippen LogP contribution in [0, 0.1) is 0 Å². The maximum Gasteiger partial charge on any atom is 0.408 e. The predicted octanol–water partition coefficient (Wildman–Crippen LogP) is 3.15. The smallest absolute Gasteiger partial charge is 0.408 e. The zero-order chi connectivity index (χ0) is 23.0. The Morgan fingerprint density at radius 2 is 1.65 bits per heavy atom. The summed E-state index contributed by atoms with van der Waals surface area (Å²) in [6.07, 6.45) is -0.647. The van der Waals surface area contributed by atoms with Gasteiger partial charge in [0.25, 0.3) is 5.91 Å². The summed E-state index contributed by atoms with van der Waals surface area (Å²) in [4.78, 5) is 38.0. The third-order valence-electron chi connectivity index (χ3n) is 4.11. The van der Waals surface area contributed by atoms with Gasteiger partial charge < -0.3 is 25.6 Å². The molecule has 0 aromatic heterocycles. The van der Waals surface area contributed by atoms with Gasteiger partial charge in [0.15, 0.2) is 0 Å². The van der Waals surface area contributed by atoms with E-state index in [1.165, 1.54) is 0 Å². The zero-order valence-electron chi connectivity index (χ0n) is 18.6. The number of ether oxygens (including phenoxy) is 1. The maximum absolute atomic E-state index is 12.5. The van der Waals surface area contributed by atoms with Crippen molar-refractivity contribution in [2.75, 3.05) is 30.9 Å². The third-order valence-corrected chi connectivity index (χ3v) is 4.11. The molecule has 3 N–H and O–H groups in total. The van der Waals surface area contributed by atoms with E-state index in [-0.39, 0.29) is 24.9 Å². The lowest BCUT2D eigenvalue weighted by Crippen LogP contribution is -2.39. The number of nitrogens with zero attached hydrogens (tertiary/aromatic N) is 1. The van der Waals surface area contributed by atoms with E-state index in [4.69, 9.17) is 4.74 Å². The Morgan fingerprint density at radius 3 is 2.26 bits per heavy atom. The molecule has 0 heterocycles. The van der Waals surface area contributed by atoms with Gasteiger partial charge in [0, 0.05) is 37.6 Å². The Labute approximate surface area is 183 Å². The van der Waals surface area contributed by atoms with Crippen molar-refractivity contribution in [3.05, 3.63) is 59.7 Å². The van der Waals surface area contributed by atoms with Gasteiger partial charge in [-0.25, -0.2) is 4.79 Å². The largest absolute Gasteiger partial charge is 0.444 e. The first-order valence-electron chi connectivity index (χ1n) is 9.95. The summed E-state index contributed by atoms with van der Waals surface area (Å²) in [5.41, 5.74) is 2.37. The lowest BCUT2D eigenvalue weighted by atomic mass is 10.1. The highest BCUT2D eigenvalue weighted by Gasteiger charge is 2.16. The average Bonchev–Trinajstić information content (AvgIpc) is 2.70. The number of hydrogen-bond acceptors (Lipinski definition) is 5. The number of anilines is 2. The Hall–Kier alpha value is -3.55. The van der Waals surface area contributed by atoms with Gasteiger partial charge in [-0.05, 0) is 62.7 Å². The molecular formula is C23H30N4O4. The van der Waals surface area contributed by atoms with Crippen LogP contribution in [0.2, 0.25) is 0 Å². The fraction of sp³-hybridized carbons (Fsp3) is 0.348. The van der Waals surface area contributed by atoms with Gasteiger partial charge >= 0.3 is 6.09 Å². The highest BCUT2D eigenvalue weighted by molar-refractivity contribution is 6.04. The lowest BCUT2D eigenvalue weighted by Gasteiger charge is -2.19. The molecule has 0 aliphatic carbocycles. The van der Waals surface area contributed by atoms with E-state index in [1.54, 1.807) is 51.1 Å². The maximum atomic E-state index is 12.5. The molecule has 2 aromatic rings. The standard InChI is InChI=1S/C23H30N4O4/c1-23(2,3)31-22(30)25-15-20(28)24-14-16-7-6-8-18(13-16)26-21(29)17-9-11-19(12-10-17)27(4)5/h6-13H,14-15H2,1-5H3,(H,24,28)(H,25,30)(H,26,29). The number of amides is 3. The van der Waals surface area contributed by atoms with Crippen molar-refractivity contribution in [2.24, 2.45) is 0 Å². The molecule has 8 heteroatoms. The molecule has 0 bridgehead atoms. The molecule has 166 valence electrons. The van der Waals surface area contributed by atoms with Crippen LogP contribution in [0.25, 0.3) is 0 Å². The first kappa shape index (κ1) is 23.7. The summed E-state index contributed by atoms with van der Waals surface area (Å²) in [7, 11) is 3.87. The molecule has 0 unspecified atom stereocenters. The van der Waals surface area contributed by atoms with Gasteiger partial charge in [0.1, 0.15) is 12.1 Å². The highest BCUT2D eigenvalue weighted by Crippen LogP contribution is 2.15. The number of carbonyl (C=O) groups is 3. The van der Waals surface area contributed by atoms with Crippen molar-refractivity contribution in [1.82, 2.24) is 10.6 Å². The fourth-order valence-corrected chi connectivity index (χ4v) is 2.60. The molecule has 0 radical (unpaired) electrons. The molecule has 2 rings (SSSR count). The normalized spacial score (nSPS) is 10.7. The quantitative estimate of drug-likeness (QED) is 0.632. The number of alkyl carbamates (subject to hydrolysis) is 1. The van der Waals surface area contributed by atoms with E-state index < -0.39 is 11.7 Å². The van der Waals surface area contributed by atoms with Crippen LogP contribution in [-0.4, -0.2) is 44.1 Å². The molecule has 8 nitrogen and oxygen atoms in total. The topological polar surface area (TPSA) is 99.8 Å². The summed E-state index contributed by atoms with van der Waals surface area (Å²) < 4.78 is 5.09. The summed E-state index contributed by atoms with van der Waals surface area (Å²) in [6.45, 7) is 5.32. The second-order valence-corrected chi connectivity index (χ2v) is 8.23. The van der Waals surface area contributed by atoms with Gasteiger partial charge in [-0.1, -0.05) is 12.1 Å². The molecule has 0 aliphatic rings. The monoisotopic (exact) mass is 426 g/mol. The van der Waals surface area contributed by atoms with Crippen molar-refractivity contribution in [3.8, 4) is 0 Å². The van der Waals surface area contributed by atoms with E-state index in [0.29, 0.717) is 11.3 Å². The van der Waals surface area contributed by atoms with Crippen LogP contribution < -0.4 is 20.9 Å². The molecule has 0 saturated carbocycles. The second kappa shape index (κ2) is 10.5. The molecule has 0 spiro atoms. The SMILES string of the molecule is CN(C)c1ccc(C(=O)Nc2cccc(CNC(=O)CNC(=O)OC(C)(C)C)c2)cc1. The van der Waals surface area contributed by atoms with Gasteiger partial charge in [-0.15, -0.1) is 0 Å². The Balaban J connectivity index is 1.85. The Kier molecular flexibility index (Phi) is 8.01. The fourth-order valence-electron chi connectivity index (χ4n) is 2.60. The molecule has 2 aromatic carbocycles. The predicted molar refractivity (Wildman–Crippen MR) is 121 cm³/mol. The van der Waals surface area contributed by atoms with E-state index in [1.807, 2.05) is 37.2 Å². The van der Waals surface area contributed by atoms with E-state index >= 15 is 0 Å². The number of benzene rings is 2. The molecule has 0 aliphatic heterocycles. The summed E-state index contributed by atoms with van der Waals surface area (Å²) in [5.74, 6) is -0.561. The highest BCUT2D eigenvalue weighted by atomic mass is 16.6. The summed E-state index contributed by atoms with van der Waals surface area (Å²) in [5, 5.41) is 7.99. The minimum absolute atomic E-state index is 0.186. The van der Waals surface area contributed by atoms with Crippen molar-refractivity contribution in [1.29, 1.82) is 0 Å². The van der Waals surface area contributed by atoms with Crippen LogP contribution >= 0.6 is 0 Å².